The Kier molecular flexibility index (Phi) is 2.29. The Bertz CT molecular complexity index is 490. The van der Waals surface area contributed by atoms with Crippen molar-refractivity contribution in [3.8, 4) is 0 Å². The van der Waals surface area contributed by atoms with Gasteiger partial charge in [0.1, 0.15) is 0 Å². The second kappa shape index (κ2) is 3.46. The predicted molar refractivity (Wildman–Crippen MR) is 57.3 cm³/mol. The Morgan fingerprint density at radius 2 is 2.29 bits per heavy atom. The van der Waals surface area contributed by atoms with E-state index in [4.69, 9.17) is 0 Å². The lowest BCUT2D eigenvalue weighted by atomic mass is 10.1. The minimum absolute atomic E-state index is 0.319. The molecular weight excluding hydrogens is 246 g/mol. The highest BCUT2D eigenvalue weighted by Gasteiger charge is 2.07. The third-order valence-corrected chi connectivity index (χ3v) is 2.71. The number of rotatable bonds is 1. The van der Waals surface area contributed by atoms with E-state index >= 15 is 0 Å². The number of ether oxygens (including phenoxy) is 1. The number of halogens is 1. The smallest absolute Gasteiger partial charge is 0.337 e. The summed E-state index contributed by atoms with van der Waals surface area (Å²) in [5.41, 5.74) is 1.55. The van der Waals surface area contributed by atoms with Crippen LogP contribution in [0.2, 0.25) is 0 Å². The number of carbonyl (C=O) groups is 1. The molecule has 3 nitrogen and oxygen atoms in total. The Labute approximate surface area is 89.2 Å². The number of nitrogens with one attached hydrogen (secondary N) is 1. The minimum Gasteiger partial charge on any atom is -0.465 e. The van der Waals surface area contributed by atoms with E-state index in [1.165, 1.54) is 7.11 Å². The van der Waals surface area contributed by atoms with Crippen molar-refractivity contribution in [2.24, 2.45) is 0 Å². The van der Waals surface area contributed by atoms with Crippen LogP contribution in [0, 0.1) is 0 Å². The lowest BCUT2D eigenvalue weighted by molar-refractivity contribution is 0.0601. The van der Waals surface area contributed by atoms with Crippen molar-refractivity contribution in [1.29, 1.82) is 0 Å². The summed E-state index contributed by atoms with van der Waals surface area (Å²) in [7, 11) is 1.37. The molecule has 1 aromatic carbocycles. The average molecular weight is 254 g/mol. The number of aromatic amines is 1. The van der Waals surface area contributed by atoms with Crippen LogP contribution < -0.4 is 0 Å². The van der Waals surface area contributed by atoms with Gasteiger partial charge in [0, 0.05) is 21.6 Å². The van der Waals surface area contributed by atoms with Crippen molar-refractivity contribution < 1.29 is 9.53 Å². The van der Waals surface area contributed by atoms with Gasteiger partial charge < -0.3 is 9.72 Å². The van der Waals surface area contributed by atoms with Gasteiger partial charge in [0.05, 0.1) is 12.7 Å². The van der Waals surface area contributed by atoms with Gasteiger partial charge in [-0.15, -0.1) is 0 Å². The van der Waals surface area contributed by atoms with Crippen molar-refractivity contribution in [3.63, 3.8) is 0 Å². The molecule has 1 heterocycles. The van der Waals surface area contributed by atoms with Crippen LogP contribution in [0.25, 0.3) is 10.9 Å². The van der Waals surface area contributed by atoms with Crippen LogP contribution in [0.4, 0.5) is 0 Å². The SMILES string of the molecule is COC(=O)c1ccc2[nH]cc(Br)c2c1. The molecular formula is C10H8BrNO2. The van der Waals surface area contributed by atoms with E-state index in [0.29, 0.717) is 5.56 Å². The lowest BCUT2D eigenvalue weighted by Crippen LogP contribution is -2.00. The molecule has 0 fully saturated rings. The zero-order valence-corrected chi connectivity index (χ0v) is 9.09. The first-order valence-corrected chi connectivity index (χ1v) is 4.86. The molecule has 0 aliphatic carbocycles. The molecule has 1 N–H and O–H groups in total. The predicted octanol–water partition coefficient (Wildman–Crippen LogP) is 2.72. The highest BCUT2D eigenvalue weighted by Crippen LogP contribution is 2.24. The van der Waals surface area contributed by atoms with E-state index in [2.05, 4.69) is 25.7 Å². The van der Waals surface area contributed by atoms with Gasteiger partial charge in [-0.2, -0.15) is 0 Å². The van der Waals surface area contributed by atoms with Crippen LogP contribution in [0.15, 0.2) is 28.9 Å². The van der Waals surface area contributed by atoms with Gasteiger partial charge in [-0.3, -0.25) is 0 Å². The fourth-order valence-electron chi connectivity index (χ4n) is 1.33. The molecule has 1 aromatic heterocycles. The van der Waals surface area contributed by atoms with Gasteiger partial charge in [0.15, 0.2) is 0 Å². The molecule has 0 spiro atoms. The summed E-state index contributed by atoms with van der Waals surface area (Å²) in [6.45, 7) is 0. The molecule has 72 valence electrons. The molecule has 0 saturated heterocycles. The molecule has 0 bridgehead atoms. The normalized spacial score (nSPS) is 10.4. The zero-order valence-electron chi connectivity index (χ0n) is 7.50. The van der Waals surface area contributed by atoms with Crippen LogP contribution in [0.3, 0.4) is 0 Å². The molecule has 0 saturated carbocycles. The van der Waals surface area contributed by atoms with Gasteiger partial charge in [-0.1, -0.05) is 0 Å². The third kappa shape index (κ3) is 1.42. The highest BCUT2D eigenvalue weighted by atomic mass is 79.9. The monoisotopic (exact) mass is 253 g/mol. The van der Waals surface area contributed by atoms with Crippen molar-refractivity contribution in [2.45, 2.75) is 0 Å². The van der Waals surface area contributed by atoms with Gasteiger partial charge in [0.25, 0.3) is 0 Å². The number of hydrogen-bond acceptors (Lipinski definition) is 2. The van der Waals surface area contributed by atoms with Crippen LogP contribution in [-0.4, -0.2) is 18.1 Å². The number of methoxy groups -OCH3 is 1. The fraction of sp³-hybridized carbons (Fsp3) is 0.100. The number of benzene rings is 1. The number of esters is 1. The summed E-state index contributed by atoms with van der Waals surface area (Å²) in [5, 5.41) is 0.980. The maximum Gasteiger partial charge on any atom is 0.337 e. The van der Waals surface area contributed by atoms with Crippen LogP contribution in [0.5, 0.6) is 0 Å². The Hall–Kier alpha value is -1.29. The van der Waals surface area contributed by atoms with E-state index in [0.717, 1.165) is 15.4 Å². The molecule has 0 unspecified atom stereocenters. The standard InChI is InChI=1S/C10H8BrNO2/c1-14-10(13)6-2-3-9-7(4-6)8(11)5-12-9/h2-5,12H,1H3. The van der Waals surface area contributed by atoms with Gasteiger partial charge in [-0.05, 0) is 34.1 Å². The van der Waals surface area contributed by atoms with Crippen LogP contribution >= 0.6 is 15.9 Å². The lowest BCUT2D eigenvalue weighted by Gasteiger charge is -1.98. The quantitative estimate of drug-likeness (QED) is 0.795. The zero-order chi connectivity index (χ0) is 10.1. The Morgan fingerprint density at radius 3 is 3.00 bits per heavy atom. The van der Waals surface area contributed by atoms with E-state index in [1.807, 2.05) is 12.3 Å². The molecule has 4 heteroatoms. The summed E-state index contributed by atoms with van der Waals surface area (Å²) in [4.78, 5) is 14.3. The molecule has 0 aliphatic heterocycles. The summed E-state index contributed by atoms with van der Waals surface area (Å²) < 4.78 is 5.58. The van der Waals surface area contributed by atoms with Gasteiger partial charge >= 0.3 is 5.97 Å². The molecule has 0 aliphatic rings. The summed E-state index contributed by atoms with van der Waals surface area (Å²) in [6.07, 6.45) is 1.84. The average Bonchev–Trinajstić information content (AvgIpc) is 2.59. The van der Waals surface area contributed by atoms with Crippen molar-refractivity contribution in [3.05, 3.63) is 34.4 Å². The first-order chi connectivity index (χ1) is 6.72. The summed E-state index contributed by atoms with van der Waals surface area (Å²) >= 11 is 3.39. The minimum atomic E-state index is -0.319. The van der Waals surface area contributed by atoms with Crippen LogP contribution in [0.1, 0.15) is 10.4 Å². The number of hydrogen-bond donors (Lipinski definition) is 1. The largest absolute Gasteiger partial charge is 0.465 e. The second-order valence-electron chi connectivity index (χ2n) is 2.89. The number of carbonyl (C=O) groups excluding carboxylic acids is 1. The van der Waals surface area contributed by atoms with Crippen molar-refractivity contribution in [1.82, 2.24) is 4.98 Å². The number of H-pyrrole nitrogens is 1. The third-order valence-electron chi connectivity index (χ3n) is 2.05. The molecule has 14 heavy (non-hydrogen) atoms. The molecule has 0 amide bonds. The fourth-order valence-corrected chi connectivity index (χ4v) is 1.77. The maximum atomic E-state index is 11.2. The molecule has 2 aromatic rings. The summed E-state index contributed by atoms with van der Waals surface area (Å²) in [5.74, 6) is -0.319. The van der Waals surface area contributed by atoms with E-state index < -0.39 is 0 Å². The van der Waals surface area contributed by atoms with Gasteiger partial charge in [-0.25, -0.2) is 4.79 Å². The van der Waals surface area contributed by atoms with Gasteiger partial charge in [0.2, 0.25) is 0 Å². The summed E-state index contributed by atoms with van der Waals surface area (Å²) in [6, 6.07) is 5.38. The maximum absolute atomic E-state index is 11.2. The molecule has 0 atom stereocenters. The topological polar surface area (TPSA) is 42.1 Å². The van der Waals surface area contributed by atoms with Crippen molar-refractivity contribution in [2.75, 3.05) is 7.11 Å². The van der Waals surface area contributed by atoms with Crippen LogP contribution in [-0.2, 0) is 4.74 Å². The van der Waals surface area contributed by atoms with E-state index in [9.17, 15) is 4.79 Å². The first kappa shape index (κ1) is 9.27. The molecule has 2 rings (SSSR count). The Balaban J connectivity index is 2.60. The first-order valence-electron chi connectivity index (χ1n) is 4.07. The Morgan fingerprint density at radius 1 is 1.50 bits per heavy atom. The second-order valence-corrected chi connectivity index (χ2v) is 3.74. The van der Waals surface area contributed by atoms with E-state index in [-0.39, 0.29) is 5.97 Å². The highest BCUT2D eigenvalue weighted by molar-refractivity contribution is 9.10. The number of aromatic nitrogens is 1. The number of fused-ring (bicyclic) bond motifs is 1. The molecule has 0 radical (unpaired) electrons. The van der Waals surface area contributed by atoms with Crippen molar-refractivity contribution >= 4 is 32.8 Å². The van der Waals surface area contributed by atoms with E-state index in [1.54, 1.807) is 12.1 Å².